The Morgan fingerprint density at radius 3 is 2.31 bits per heavy atom. The molecular weight excluding hydrogens is 200 g/mol. The van der Waals surface area contributed by atoms with Gasteiger partial charge in [-0.2, -0.15) is 0 Å². The van der Waals surface area contributed by atoms with E-state index in [0.717, 1.165) is 5.56 Å². The Bertz CT molecular complexity index is 339. The van der Waals surface area contributed by atoms with Crippen molar-refractivity contribution in [1.82, 2.24) is 0 Å². The van der Waals surface area contributed by atoms with Crippen molar-refractivity contribution in [2.24, 2.45) is 5.92 Å². The molecule has 16 heavy (non-hydrogen) atoms. The number of carbonyl (C=O) groups is 1. The highest BCUT2D eigenvalue weighted by Gasteiger charge is 2.31. The number of esters is 1. The fourth-order valence-electron chi connectivity index (χ4n) is 1.40. The quantitative estimate of drug-likeness (QED) is 0.728. The van der Waals surface area contributed by atoms with Crippen LogP contribution < -0.4 is 0 Å². The molecule has 0 aromatic heterocycles. The van der Waals surface area contributed by atoms with Crippen molar-refractivity contribution in [1.29, 1.82) is 0 Å². The van der Waals surface area contributed by atoms with E-state index in [4.69, 9.17) is 4.74 Å². The number of carbonyl (C=O) groups excluding carboxylic acids is 1. The summed E-state index contributed by atoms with van der Waals surface area (Å²) in [5, 5.41) is 0. The van der Waals surface area contributed by atoms with E-state index in [9.17, 15) is 4.79 Å². The first-order chi connectivity index (χ1) is 7.44. The molecule has 0 N–H and O–H groups in total. The molecule has 0 amide bonds. The zero-order valence-corrected chi connectivity index (χ0v) is 10.5. The van der Waals surface area contributed by atoms with Gasteiger partial charge in [-0.25, -0.2) is 0 Å². The molecule has 2 heteroatoms. The van der Waals surface area contributed by atoms with E-state index in [-0.39, 0.29) is 5.97 Å². The highest BCUT2D eigenvalue weighted by atomic mass is 16.5. The predicted molar refractivity (Wildman–Crippen MR) is 65.3 cm³/mol. The van der Waals surface area contributed by atoms with Gasteiger partial charge >= 0.3 is 5.97 Å². The molecule has 88 valence electrons. The van der Waals surface area contributed by atoms with Crippen LogP contribution in [0.3, 0.4) is 0 Å². The van der Waals surface area contributed by atoms with Crippen LogP contribution in [0.4, 0.5) is 0 Å². The van der Waals surface area contributed by atoms with Crippen LogP contribution in [0.15, 0.2) is 30.3 Å². The predicted octanol–water partition coefficient (Wildman–Crippen LogP) is 3.16. The smallest absolute Gasteiger partial charge is 0.315 e. The number of hydrogen-bond donors (Lipinski definition) is 0. The first kappa shape index (κ1) is 12.8. The summed E-state index contributed by atoms with van der Waals surface area (Å²) in [7, 11) is 0. The van der Waals surface area contributed by atoms with Crippen LogP contribution in [-0.4, -0.2) is 12.6 Å². The van der Waals surface area contributed by atoms with Gasteiger partial charge in [-0.05, 0) is 25.3 Å². The van der Waals surface area contributed by atoms with Gasteiger partial charge in [-0.3, -0.25) is 4.79 Å². The van der Waals surface area contributed by atoms with Crippen LogP contribution in [0.1, 0.15) is 33.3 Å². The third-order valence-electron chi connectivity index (χ3n) is 2.55. The average molecular weight is 220 g/mol. The molecule has 0 atom stereocenters. The fourth-order valence-corrected chi connectivity index (χ4v) is 1.40. The van der Waals surface area contributed by atoms with E-state index in [2.05, 4.69) is 0 Å². The van der Waals surface area contributed by atoms with E-state index in [1.807, 2.05) is 58.0 Å². The molecule has 1 rings (SSSR count). The Labute approximate surface area is 97.6 Å². The van der Waals surface area contributed by atoms with Gasteiger partial charge in [0, 0.05) is 0 Å². The van der Waals surface area contributed by atoms with Gasteiger partial charge in [0.15, 0.2) is 0 Å². The van der Waals surface area contributed by atoms with Crippen LogP contribution in [-0.2, 0) is 14.9 Å². The summed E-state index contributed by atoms with van der Waals surface area (Å²) >= 11 is 0. The first-order valence-corrected chi connectivity index (χ1v) is 5.67. The Kier molecular flexibility index (Phi) is 4.11. The number of hydrogen-bond acceptors (Lipinski definition) is 2. The molecule has 0 saturated heterocycles. The second kappa shape index (κ2) is 5.15. The highest BCUT2D eigenvalue weighted by Crippen LogP contribution is 2.24. The molecule has 0 saturated carbocycles. The highest BCUT2D eigenvalue weighted by molar-refractivity contribution is 5.82. The third kappa shape index (κ3) is 3.09. The normalized spacial score (nSPS) is 11.6. The molecule has 0 bridgehead atoms. The van der Waals surface area contributed by atoms with E-state index >= 15 is 0 Å². The average Bonchev–Trinajstić information content (AvgIpc) is 2.27. The largest absolute Gasteiger partial charge is 0.465 e. The number of rotatable bonds is 4. The molecule has 0 unspecified atom stereocenters. The lowest BCUT2D eigenvalue weighted by atomic mass is 9.85. The third-order valence-corrected chi connectivity index (χ3v) is 2.55. The molecule has 0 radical (unpaired) electrons. The van der Waals surface area contributed by atoms with Crippen molar-refractivity contribution in [3.05, 3.63) is 35.9 Å². The molecule has 1 aromatic rings. The summed E-state index contributed by atoms with van der Waals surface area (Å²) < 4.78 is 5.28. The van der Waals surface area contributed by atoms with E-state index in [1.165, 1.54) is 0 Å². The van der Waals surface area contributed by atoms with Gasteiger partial charge in [0.05, 0.1) is 12.0 Å². The van der Waals surface area contributed by atoms with Gasteiger partial charge < -0.3 is 4.74 Å². The fraction of sp³-hybridized carbons (Fsp3) is 0.500. The summed E-state index contributed by atoms with van der Waals surface area (Å²) in [6.45, 7) is 8.33. The van der Waals surface area contributed by atoms with E-state index in [1.54, 1.807) is 0 Å². The van der Waals surface area contributed by atoms with Gasteiger partial charge in [0.2, 0.25) is 0 Å². The summed E-state index contributed by atoms with van der Waals surface area (Å²) in [5.74, 6) is 0.211. The van der Waals surface area contributed by atoms with Crippen LogP contribution in [0.25, 0.3) is 0 Å². The lowest BCUT2D eigenvalue weighted by molar-refractivity contribution is -0.150. The van der Waals surface area contributed by atoms with E-state index in [0.29, 0.717) is 12.5 Å². The Morgan fingerprint density at radius 2 is 1.81 bits per heavy atom. The standard InChI is InChI=1S/C14H20O2/c1-11(2)10-16-13(15)14(3,4)12-8-6-5-7-9-12/h5-9,11H,10H2,1-4H3. The maximum Gasteiger partial charge on any atom is 0.315 e. The van der Waals surface area contributed by atoms with Crippen molar-refractivity contribution in [3.63, 3.8) is 0 Å². The topological polar surface area (TPSA) is 26.3 Å². The molecule has 0 aliphatic rings. The first-order valence-electron chi connectivity index (χ1n) is 5.67. The van der Waals surface area contributed by atoms with Crippen molar-refractivity contribution < 1.29 is 9.53 Å². The second-order valence-corrected chi connectivity index (χ2v) is 4.98. The maximum atomic E-state index is 11.9. The van der Waals surface area contributed by atoms with E-state index < -0.39 is 5.41 Å². The zero-order valence-electron chi connectivity index (χ0n) is 10.5. The molecule has 0 aliphatic carbocycles. The van der Waals surface area contributed by atoms with Crippen LogP contribution in [0, 0.1) is 5.92 Å². The van der Waals surface area contributed by atoms with Crippen molar-refractivity contribution in [3.8, 4) is 0 Å². The summed E-state index contributed by atoms with van der Waals surface area (Å²) in [5.41, 5.74) is 0.416. The Morgan fingerprint density at radius 1 is 1.25 bits per heavy atom. The number of benzene rings is 1. The maximum absolute atomic E-state index is 11.9. The lowest BCUT2D eigenvalue weighted by Gasteiger charge is -2.23. The van der Waals surface area contributed by atoms with Gasteiger partial charge in [0.25, 0.3) is 0 Å². The monoisotopic (exact) mass is 220 g/mol. The Hall–Kier alpha value is -1.31. The molecule has 0 heterocycles. The second-order valence-electron chi connectivity index (χ2n) is 4.98. The minimum absolute atomic E-state index is 0.160. The number of ether oxygens (including phenoxy) is 1. The SMILES string of the molecule is CC(C)COC(=O)C(C)(C)c1ccccc1. The van der Waals surface area contributed by atoms with Crippen molar-refractivity contribution >= 4 is 5.97 Å². The van der Waals surface area contributed by atoms with Crippen LogP contribution >= 0.6 is 0 Å². The molecule has 2 nitrogen and oxygen atoms in total. The van der Waals surface area contributed by atoms with Crippen LogP contribution in [0.2, 0.25) is 0 Å². The molecule has 1 aromatic carbocycles. The summed E-state index contributed by atoms with van der Waals surface area (Å²) in [4.78, 5) is 11.9. The Balaban J connectivity index is 2.74. The zero-order chi connectivity index (χ0) is 12.2. The molecular formula is C14H20O2. The minimum Gasteiger partial charge on any atom is -0.465 e. The summed E-state index contributed by atoms with van der Waals surface area (Å²) in [6.07, 6.45) is 0. The molecule has 0 spiro atoms. The van der Waals surface area contributed by atoms with Gasteiger partial charge in [0.1, 0.15) is 0 Å². The summed E-state index contributed by atoms with van der Waals surface area (Å²) in [6, 6.07) is 9.73. The minimum atomic E-state index is -0.573. The van der Waals surface area contributed by atoms with Crippen molar-refractivity contribution in [2.45, 2.75) is 33.1 Å². The lowest BCUT2D eigenvalue weighted by Crippen LogP contribution is -2.31. The van der Waals surface area contributed by atoms with Gasteiger partial charge in [-0.15, -0.1) is 0 Å². The van der Waals surface area contributed by atoms with Crippen molar-refractivity contribution in [2.75, 3.05) is 6.61 Å². The molecule has 0 fully saturated rings. The van der Waals surface area contributed by atoms with Gasteiger partial charge in [-0.1, -0.05) is 44.2 Å². The molecule has 0 aliphatic heterocycles. The van der Waals surface area contributed by atoms with Crippen LogP contribution in [0.5, 0.6) is 0 Å².